The maximum atomic E-state index is 12.9. The highest BCUT2D eigenvalue weighted by Gasteiger charge is 2.37. The van der Waals surface area contributed by atoms with Gasteiger partial charge in [0.2, 0.25) is 5.88 Å². The Bertz CT molecular complexity index is 598. The van der Waals surface area contributed by atoms with Crippen LogP contribution in [-0.4, -0.2) is 46.7 Å². The molecule has 0 saturated carbocycles. The quantitative estimate of drug-likeness (QED) is 0.905. The van der Waals surface area contributed by atoms with Crippen molar-refractivity contribution in [1.29, 1.82) is 0 Å². The zero-order valence-electron chi connectivity index (χ0n) is 13.6. The third kappa shape index (κ3) is 2.58. The second kappa shape index (κ2) is 5.54. The number of carbonyl (C=O) groups excluding carboxylic acids is 1. The first kappa shape index (κ1) is 15.3. The summed E-state index contributed by atoms with van der Waals surface area (Å²) in [5.74, 6) is 0.440. The summed E-state index contributed by atoms with van der Waals surface area (Å²) in [7, 11) is 1.56. The van der Waals surface area contributed by atoms with Crippen LogP contribution in [0.1, 0.15) is 48.3 Å². The van der Waals surface area contributed by atoms with Crippen LogP contribution in [0.4, 0.5) is 0 Å². The highest BCUT2D eigenvalue weighted by molar-refractivity contribution is 5.96. The molecule has 2 aliphatic rings. The van der Waals surface area contributed by atoms with Crippen LogP contribution in [0.15, 0.2) is 6.07 Å². The molecule has 1 unspecified atom stereocenters. The van der Waals surface area contributed by atoms with Crippen LogP contribution in [0.2, 0.25) is 0 Å². The summed E-state index contributed by atoms with van der Waals surface area (Å²) in [5.41, 5.74) is 2.08. The molecule has 2 atom stereocenters. The van der Waals surface area contributed by atoms with Crippen LogP contribution < -0.4 is 4.74 Å². The third-order valence-corrected chi connectivity index (χ3v) is 5.17. The van der Waals surface area contributed by atoms with Gasteiger partial charge in [-0.15, -0.1) is 0 Å². The number of pyridine rings is 1. The Balaban J connectivity index is 1.86. The molecule has 1 aliphatic carbocycles. The molecular weight excluding hydrogens is 280 g/mol. The first-order chi connectivity index (χ1) is 10.4. The maximum absolute atomic E-state index is 12.9. The Morgan fingerprint density at radius 3 is 2.95 bits per heavy atom. The first-order valence-corrected chi connectivity index (χ1v) is 8.01. The second-order valence-corrected chi connectivity index (χ2v) is 6.76. The van der Waals surface area contributed by atoms with Gasteiger partial charge in [0.1, 0.15) is 5.56 Å². The number of hydrogen-bond acceptors (Lipinski definition) is 4. The summed E-state index contributed by atoms with van der Waals surface area (Å²) >= 11 is 0. The van der Waals surface area contributed by atoms with Crippen molar-refractivity contribution in [2.75, 3.05) is 20.2 Å². The topological polar surface area (TPSA) is 62.7 Å². The molecule has 22 heavy (non-hydrogen) atoms. The van der Waals surface area contributed by atoms with Crippen LogP contribution in [0.25, 0.3) is 0 Å². The summed E-state index contributed by atoms with van der Waals surface area (Å²) in [4.78, 5) is 19.2. The van der Waals surface area contributed by atoms with Crippen molar-refractivity contribution < 1.29 is 14.6 Å². The number of rotatable bonds is 2. The van der Waals surface area contributed by atoms with Gasteiger partial charge in [-0.3, -0.25) is 4.79 Å². The smallest absolute Gasteiger partial charge is 0.259 e. The number of amides is 1. The van der Waals surface area contributed by atoms with Crippen molar-refractivity contribution in [2.24, 2.45) is 5.92 Å². The lowest BCUT2D eigenvalue weighted by atomic mass is 9.84. The Kier molecular flexibility index (Phi) is 3.85. The van der Waals surface area contributed by atoms with Gasteiger partial charge in [-0.2, -0.15) is 0 Å². The predicted molar refractivity (Wildman–Crippen MR) is 83.1 cm³/mol. The fourth-order valence-corrected chi connectivity index (χ4v) is 3.34. The van der Waals surface area contributed by atoms with E-state index >= 15 is 0 Å². The molecule has 1 aliphatic heterocycles. The monoisotopic (exact) mass is 304 g/mol. The Hall–Kier alpha value is -1.62. The summed E-state index contributed by atoms with van der Waals surface area (Å²) < 4.78 is 5.34. The summed E-state index contributed by atoms with van der Waals surface area (Å²) in [6.07, 6.45) is 3.63. The van der Waals surface area contributed by atoms with Gasteiger partial charge in [-0.05, 0) is 44.2 Å². The lowest BCUT2D eigenvalue weighted by Crippen LogP contribution is -2.50. The van der Waals surface area contributed by atoms with Crippen LogP contribution in [-0.2, 0) is 12.8 Å². The number of likely N-dealkylation sites (tertiary alicyclic amines) is 1. The fraction of sp³-hybridized carbons (Fsp3) is 0.647. The number of ether oxygens (including phenoxy) is 1. The molecule has 2 heterocycles. The molecule has 1 aromatic heterocycles. The number of piperidine rings is 1. The average molecular weight is 304 g/mol. The molecule has 3 rings (SSSR count). The van der Waals surface area contributed by atoms with Gasteiger partial charge in [0, 0.05) is 24.7 Å². The van der Waals surface area contributed by atoms with E-state index < -0.39 is 5.60 Å². The van der Waals surface area contributed by atoms with Gasteiger partial charge >= 0.3 is 0 Å². The number of aliphatic hydroxyl groups is 1. The Morgan fingerprint density at radius 2 is 2.27 bits per heavy atom. The van der Waals surface area contributed by atoms with Crippen LogP contribution in [0, 0.1) is 5.92 Å². The van der Waals surface area contributed by atoms with E-state index in [1.165, 1.54) is 5.56 Å². The zero-order chi connectivity index (χ0) is 15.9. The van der Waals surface area contributed by atoms with E-state index in [2.05, 4.69) is 4.98 Å². The second-order valence-electron chi connectivity index (χ2n) is 6.76. The molecule has 1 fully saturated rings. The van der Waals surface area contributed by atoms with Crippen molar-refractivity contribution in [3.05, 3.63) is 22.9 Å². The molecular formula is C17H24N2O3. The number of aromatic nitrogens is 1. The zero-order valence-corrected chi connectivity index (χ0v) is 13.6. The minimum Gasteiger partial charge on any atom is -0.480 e. The third-order valence-electron chi connectivity index (χ3n) is 5.17. The summed E-state index contributed by atoms with van der Waals surface area (Å²) in [5, 5.41) is 10.3. The summed E-state index contributed by atoms with van der Waals surface area (Å²) in [6, 6.07) is 1.95. The molecule has 120 valence electrons. The number of aryl methyl sites for hydroxylation is 2. The molecule has 1 N–H and O–H groups in total. The van der Waals surface area contributed by atoms with Crippen molar-refractivity contribution in [3.8, 4) is 5.88 Å². The molecule has 0 spiro atoms. The van der Waals surface area contributed by atoms with Gasteiger partial charge in [0.25, 0.3) is 5.91 Å². The van der Waals surface area contributed by atoms with Crippen molar-refractivity contribution >= 4 is 5.91 Å². The standard InChI is InChI=1S/C17H24N2O3/c1-11-10-19(8-7-17(11,2)21)16(20)13-9-12-5-4-6-14(12)18-15(13)22-3/h9,11,21H,4-8,10H2,1-3H3/t11?,17-/m0/s1. The molecule has 1 aromatic rings. The number of carbonyl (C=O) groups is 1. The molecule has 1 amide bonds. The largest absolute Gasteiger partial charge is 0.480 e. The summed E-state index contributed by atoms with van der Waals surface area (Å²) in [6.45, 7) is 4.96. The van der Waals surface area contributed by atoms with Crippen molar-refractivity contribution in [2.45, 2.75) is 45.1 Å². The molecule has 5 nitrogen and oxygen atoms in total. The minimum absolute atomic E-state index is 0.0404. The van der Waals surface area contributed by atoms with Gasteiger partial charge in [-0.25, -0.2) is 4.98 Å². The normalized spacial score (nSPS) is 27.6. The minimum atomic E-state index is -0.697. The molecule has 5 heteroatoms. The van der Waals surface area contributed by atoms with E-state index in [0.717, 1.165) is 25.0 Å². The van der Waals surface area contributed by atoms with E-state index in [0.29, 0.717) is 31.0 Å². The highest BCUT2D eigenvalue weighted by atomic mass is 16.5. The lowest BCUT2D eigenvalue weighted by molar-refractivity contribution is -0.0440. The lowest BCUT2D eigenvalue weighted by Gasteiger charge is -2.41. The predicted octanol–water partition coefficient (Wildman–Crippen LogP) is 1.81. The fourth-order valence-electron chi connectivity index (χ4n) is 3.34. The number of fused-ring (bicyclic) bond motifs is 1. The first-order valence-electron chi connectivity index (χ1n) is 8.01. The highest BCUT2D eigenvalue weighted by Crippen LogP contribution is 2.31. The van der Waals surface area contributed by atoms with Crippen LogP contribution in [0.3, 0.4) is 0 Å². The maximum Gasteiger partial charge on any atom is 0.259 e. The van der Waals surface area contributed by atoms with E-state index in [-0.39, 0.29) is 11.8 Å². The van der Waals surface area contributed by atoms with Gasteiger partial charge in [0.15, 0.2) is 0 Å². The number of hydrogen-bond donors (Lipinski definition) is 1. The van der Waals surface area contributed by atoms with Gasteiger partial charge < -0.3 is 14.7 Å². The number of methoxy groups -OCH3 is 1. The van der Waals surface area contributed by atoms with Crippen molar-refractivity contribution in [3.63, 3.8) is 0 Å². The molecule has 1 saturated heterocycles. The van der Waals surface area contributed by atoms with E-state index in [1.807, 2.05) is 24.8 Å². The molecule has 0 bridgehead atoms. The van der Waals surface area contributed by atoms with Gasteiger partial charge in [0.05, 0.1) is 12.7 Å². The average Bonchev–Trinajstić information content (AvgIpc) is 2.95. The van der Waals surface area contributed by atoms with Crippen molar-refractivity contribution in [1.82, 2.24) is 9.88 Å². The van der Waals surface area contributed by atoms with E-state index in [1.54, 1.807) is 7.11 Å². The molecule has 0 aromatic carbocycles. The van der Waals surface area contributed by atoms with E-state index in [4.69, 9.17) is 4.74 Å². The molecule has 0 radical (unpaired) electrons. The Labute approximate surface area is 131 Å². The SMILES string of the molecule is COc1nc2c(cc1C(=O)N1CC[C@](C)(O)C(C)C1)CCC2. The Morgan fingerprint density at radius 1 is 1.50 bits per heavy atom. The number of nitrogens with zero attached hydrogens (tertiary/aromatic N) is 2. The van der Waals surface area contributed by atoms with E-state index in [9.17, 15) is 9.90 Å². The van der Waals surface area contributed by atoms with Crippen LogP contribution >= 0.6 is 0 Å². The van der Waals surface area contributed by atoms with Gasteiger partial charge in [-0.1, -0.05) is 6.92 Å². The van der Waals surface area contributed by atoms with Crippen LogP contribution in [0.5, 0.6) is 5.88 Å².